The summed E-state index contributed by atoms with van der Waals surface area (Å²) in [5, 5.41) is 5.51. The van der Waals surface area contributed by atoms with Crippen molar-refractivity contribution in [2.24, 2.45) is 5.84 Å². The van der Waals surface area contributed by atoms with E-state index >= 15 is 0 Å². The van der Waals surface area contributed by atoms with Gasteiger partial charge >= 0.3 is 0 Å². The van der Waals surface area contributed by atoms with E-state index < -0.39 is 5.91 Å². The molecule has 6 nitrogen and oxygen atoms in total. The second-order valence-corrected chi connectivity index (χ2v) is 1.78. The average molecular weight is 154 g/mol. The summed E-state index contributed by atoms with van der Waals surface area (Å²) in [5.74, 6) is 4.27. The monoisotopic (exact) mass is 154 g/mol. The molecule has 0 aromatic carbocycles. The SMILES string of the molecule is NNC(=O)c1ccc(=O)[nH]n1. The van der Waals surface area contributed by atoms with Gasteiger partial charge in [-0.2, -0.15) is 5.10 Å². The fourth-order valence-electron chi connectivity index (χ4n) is 0.545. The van der Waals surface area contributed by atoms with Gasteiger partial charge in [-0.1, -0.05) is 0 Å². The van der Waals surface area contributed by atoms with Crippen LogP contribution < -0.4 is 16.8 Å². The van der Waals surface area contributed by atoms with E-state index in [2.05, 4.69) is 10.2 Å². The minimum Gasteiger partial charge on any atom is -0.289 e. The Morgan fingerprint density at radius 3 is 2.82 bits per heavy atom. The third kappa shape index (κ3) is 1.62. The van der Waals surface area contributed by atoms with E-state index in [9.17, 15) is 9.59 Å². The zero-order valence-electron chi connectivity index (χ0n) is 5.50. The summed E-state index contributed by atoms with van der Waals surface area (Å²) in [6.07, 6.45) is 0. The topological polar surface area (TPSA) is 101 Å². The van der Waals surface area contributed by atoms with Crippen LogP contribution >= 0.6 is 0 Å². The van der Waals surface area contributed by atoms with E-state index in [1.54, 1.807) is 0 Å². The van der Waals surface area contributed by atoms with E-state index in [-0.39, 0.29) is 11.3 Å². The van der Waals surface area contributed by atoms with Gasteiger partial charge in [0.05, 0.1) is 0 Å². The van der Waals surface area contributed by atoms with Crippen LogP contribution in [0.4, 0.5) is 0 Å². The molecule has 0 saturated carbocycles. The highest BCUT2D eigenvalue weighted by Gasteiger charge is 2.02. The molecule has 1 amide bonds. The number of hydrogen-bond acceptors (Lipinski definition) is 4. The van der Waals surface area contributed by atoms with Gasteiger partial charge < -0.3 is 0 Å². The number of aromatic amines is 1. The predicted molar refractivity (Wildman–Crippen MR) is 36.5 cm³/mol. The molecule has 0 aliphatic rings. The Morgan fingerprint density at radius 2 is 2.36 bits per heavy atom. The van der Waals surface area contributed by atoms with Crippen LogP contribution in [0.25, 0.3) is 0 Å². The first-order valence-electron chi connectivity index (χ1n) is 2.80. The minimum atomic E-state index is -0.541. The Kier molecular flexibility index (Phi) is 1.98. The summed E-state index contributed by atoms with van der Waals surface area (Å²) < 4.78 is 0. The van der Waals surface area contributed by atoms with E-state index in [1.165, 1.54) is 12.1 Å². The first kappa shape index (κ1) is 7.42. The van der Waals surface area contributed by atoms with Crippen LogP contribution in [0, 0.1) is 0 Å². The molecule has 58 valence electrons. The van der Waals surface area contributed by atoms with Crippen molar-refractivity contribution in [2.45, 2.75) is 0 Å². The number of carbonyl (C=O) groups is 1. The van der Waals surface area contributed by atoms with Crippen molar-refractivity contribution in [1.29, 1.82) is 0 Å². The van der Waals surface area contributed by atoms with Crippen LogP contribution in [0.5, 0.6) is 0 Å². The summed E-state index contributed by atoms with van der Waals surface area (Å²) in [6, 6.07) is 2.47. The van der Waals surface area contributed by atoms with Gasteiger partial charge in [0.1, 0.15) is 5.69 Å². The van der Waals surface area contributed by atoms with Crippen molar-refractivity contribution in [1.82, 2.24) is 15.6 Å². The number of aromatic nitrogens is 2. The molecule has 0 atom stereocenters. The van der Waals surface area contributed by atoms with Gasteiger partial charge in [-0.05, 0) is 6.07 Å². The van der Waals surface area contributed by atoms with Gasteiger partial charge in [0.25, 0.3) is 11.5 Å². The van der Waals surface area contributed by atoms with Gasteiger partial charge in [-0.25, -0.2) is 10.9 Å². The number of hydrazine groups is 1. The largest absolute Gasteiger partial charge is 0.289 e. The molecular formula is C5H6N4O2. The molecule has 0 aliphatic heterocycles. The van der Waals surface area contributed by atoms with Crippen LogP contribution in [0.2, 0.25) is 0 Å². The lowest BCUT2D eigenvalue weighted by Gasteiger charge is -1.94. The highest BCUT2D eigenvalue weighted by molar-refractivity contribution is 5.91. The third-order valence-corrected chi connectivity index (χ3v) is 1.04. The Labute approximate surface area is 61.4 Å². The van der Waals surface area contributed by atoms with Crippen LogP contribution in [0.1, 0.15) is 10.5 Å². The lowest BCUT2D eigenvalue weighted by atomic mass is 10.4. The molecule has 11 heavy (non-hydrogen) atoms. The second-order valence-electron chi connectivity index (χ2n) is 1.78. The van der Waals surface area contributed by atoms with Crippen molar-refractivity contribution in [3.63, 3.8) is 0 Å². The van der Waals surface area contributed by atoms with Crippen molar-refractivity contribution >= 4 is 5.91 Å². The summed E-state index contributed by atoms with van der Waals surface area (Å²) in [7, 11) is 0. The number of rotatable bonds is 1. The summed E-state index contributed by atoms with van der Waals surface area (Å²) in [6.45, 7) is 0. The lowest BCUT2D eigenvalue weighted by Crippen LogP contribution is -2.31. The summed E-state index contributed by atoms with van der Waals surface area (Å²) in [4.78, 5) is 21.2. The van der Waals surface area contributed by atoms with Gasteiger partial charge in [0.15, 0.2) is 0 Å². The number of amides is 1. The predicted octanol–water partition coefficient (Wildman–Crippen LogP) is -1.63. The molecular weight excluding hydrogens is 148 g/mol. The van der Waals surface area contributed by atoms with E-state index in [1.807, 2.05) is 5.43 Å². The smallest absolute Gasteiger partial charge is 0.285 e. The molecule has 1 heterocycles. The van der Waals surface area contributed by atoms with Gasteiger partial charge in [0, 0.05) is 6.07 Å². The zero-order valence-corrected chi connectivity index (χ0v) is 5.50. The summed E-state index contributed by atoms with van der Waals surface area (Å²) >= 11 is 0. The standard InChI is InChI=1S/C5H6N4O2/c6-7-5(11)3-1-2-4(10)9-8-3/h1-2H,6H2,(H,7,11)(H,9,10). The number of nitrogens with one attached hydrogen (secondary N) is 2. The Morgan fingerprint density at radius 1 is 1.64 bits per heavy atom. The fraction of sp³-hybridized carbons (Fsp3) is 0. The van der Waals surface area contributed by atoms with Crippen molar-refractivity contribution < 1.29 is 4.79 Å². The molecule has 0 unspecified atom stereocenters. The van der Waals surface area contributed by atoms with E-state index in [0.29, 0.717) is 0 Å². The molecule has 0 fully saturated rings. The zero-order chi connectivity index (χ0) is 8.27. The number of H-pyrrole nitrogens is 1. The van der Waals surface area contributed by atoms with Gasteiger partial charge in [-0.15, -0.1) is 0 Å². The molecule has 0 spiro atoms. The van der Waals surface area contributed by atoms with Gasteiger partial charge in [-0.3, -0.25) is 15.0 Å². The van der Waals surface area contributed by atoms with Crippen molar-refractivity contribution in [3.05, 3.63) is 28.2 Å². The maximum absolute atomic E-state index is 10.7. The Bertz CT molecular complexity index is 298. The average Bonchev–Trinajstić information content (AvgIpc) is 2.05. The molecule has 1 aromatic rings. The molecule has 0 saturated heterocycles. The second kappa shape index (κ2) is 2.93. The number of carbonyl (C=O) groups excluding carboxylic acids is 1. The van der Waals surface area contributed by atoms with Crippen LogP contribution in [0.15, 0.2) is 16.9 Å². The highest BCUT2D eigenvalue weighted by atomic mass is 16.2. The molecule has 6 heteroatoms. The number of nitrogen functional groups attached to an aromatic ring is 1. The number of nitrogens with two attached hydrogens (primary N) is 1. The third-order valence-electron chi connectivity index (χ3n) is 1.04. The lowest BCUT2D eigenvalue weighted by molar-refractivity contribution is 0.0947. The fourth-order valence-corrected chi connectivity index (χ4v) is 0.545. The molecule has 0 aliphatic carbocycles. The Hall–Kier alpha value is -1.69. The molecule has 4 N–H and O–H groups in total. The van der Waals surface area contributed by atoms with E-state index in [0.717, 1.165) is 0 Å². The number of nitrogens with zero attached hydrogens (tertiary/aromatic N) is 1. The quantitative estimate of drug-likeness (QED) is 0.257. The molecule has 1 rings (SSSR count). The molecule has 1 aromatic heterocycles. The van der Waals surface area contributed by atoms with Crippen LogP contribution in [0.3, 0.4) is 0 Å². The maximum atomic E-state index is 10.7. The Balaban J connectivity index is 2.99. The van der Waals surface area contributed by atoms with E-state index in [4.69, 9.17) is 5.84 Å². The first-order valence-corrected chi connectivity index (χ1v) is 2.80. The highest BCUT2D eigenvalue weighted by Crippen LogP contribution is 1.85. The maximum Gasteiger partial charge on any atom is 0.285 e. The van der Waals surface area contributed by atoms with Crippen LogP contribution in [-0.2, 0) is 0 Å². The molecule has 0 bridgehead atoms. The van der Waals surface area contributed by atoms with Crippen molar-refractivity contribution in [2.75, 3.05) is 0 Å². The molecule has 0 radical (unpaired) electrons. The first-order chi connectivity index (χ1) is 5.24. The minimum absolute atomic E-state index is 0.0760. The normalized spacial score (nSPS) is 9.18. The van der Waals surface area contributed by atoms with Gasteiger partial charge in [0.2, 0.25) is 0 Å². The number of hydrogen-bond donors (Lipinski definition) is 3. The van der Waals surface area contributed by atoms with Crippen molar-refractivity contribution in [3.8, 4) is 0 Å². The van der Waals surface area contributed by atoms with Crippen LogP contribution in [-0.4, -0.2) is 16.1 Å². The summed E-state index contributed by atoms with van der Waals surface area (Å²) in [5.41, 5.74) is 1.59.